The first-order valence-electron chi connectivity index (χ1n) is 13.3. The summed E-state index contributed by atoms with van der Waals surface area (Å²) in [6.07, 6.45) is 4.78. The van der Waals surface area contributed by atoms with Gasteiger partial charge < -0.3 is 9.64 Å². The fourth-order valence-corrected chi connectivity index (χ4v) is 6.30. The van der Waals surface area contributed by atoms with Gasteiger partial charge in [-0.1, -0.05) is 12.5 Å². The van der Waals surface area contributed by atoms with Gasteiger partial charge in [0.2, 0.25) is 11.8 Å². The molecule has 3 heterocycles. The lowest BCUT2D eigenvalue weighted by Gasteiger charge is -2.48. The number of carbonyl (C=O) groups excluding carboxylic acids is 3. The van der Waals surface area contributed by atoms with Crippen molar-refractivity contribution in [2.75, 3.05) is 13.1 Å². The predicted molar refractivity (Wildman–Crippen MR) is 135 cm³/mol. The fourth-order valence-electron chi connectivity index (χ4n) is 6.30. The van der Waals surface area contributed by atoms with Gasteiger partial charge in [0.1, 0.15) is 29.8 Å². The molecule has 1 aliphatic carbocycles. The molecule has 0 aromatic heterocycles. The van der Waals surface area contributed by atoms with Gasteiger partial charge in [-0.25, -0.2) is 4.39 Å². The highest BCUT2D eigenvalue weighted by Gasteiger charge is 2.41. The van der Waals surface area contributed by atoms with E-state index in [4.69, 9.17) is 10.00 Å². The standard InChI is InChI=1S/C29H29FN4O4/c30-23-12-17(5-6-18(23)13-31)20-14-33(15-20)24-3-1-2-4-26(24)38-21-7-8-22-19(11-21)16-34(29(22)37)25-9-10-27(35)32-28(25)36/h5-8,11-12,20,24-26H,1-4,9-10,14-16H2,(H,32,35,36)/t24-,25-,26+/m1/s1. The minimum absolute atomic E-state index is 0.0174. The lowest BCUT2D eigenvalue weighted by atomic mass is 9.84. The average Bonchev–Trinajstić information content (AvgIpc) is 3.19. The summed E-state index contributed by atoms with van der Waals surface area (Å²) in [5.74, 6) is -0.420. The van der Waals surface area contributed by atoms with Crippen LogP contribution >= 0.6 is 0 Å². The zero-order chi connectivity index (χ0) is 26.4. The van der Waals surface area contributed by atoms with Crippen LogP contribution < -0.4 is 10.1 Å². The average molecular weight is 517 g/mol. The zero-order valence-electron chi connectivity index (χ0n) is 21.0. The highest BCUT2D eigenvalue weighted by Crippen LogP contribution is 2.37. The molecule has 196 valence electrons. The van der Waals surface area contributed by atoms with Gasteiger partial charge in [-0.15, -0.1) is 0 Å². The van der Waals surface area contributed by atoms with Gasteiger partial charge in [0.05, 0.1) is 5.56 Å². The Balaban J connectivity index is 1.11. The molecule has 3 atom stereocenters. The summed E-state index contributed by atoms with van der Waals surface area (Å²) < 4.78 is 20.6. The number of imide groups is 1. The van der Waals surface area contributed by atoms with Crippen molar-refractivity contribution in [2.45, 2.75) is 69.2 Å². The molecule has 8 nitrogen and oxygen atoms in total. The Morgan fingerprint density at radius 3 is 2.61 bits per heavy atom. The first-order valence-corrected chi connectivity index (χ1v) is 13.3. The maximum absolute atomic E-state index is 14.1. The Labute approximate surface area is 220 Å². The second-order valence-electron chi connectivity index (χ2n) is 10.7. The Bertz CT molecular complexity index is 1350. The number of likely N-dealkylation sites (tertiary alicyclic amines) is 1. The molecule has 0 unspecified atom stereocenters. The first kappa shape index (κ1) is 24.6. The van der Waals surface area contributed by atoms with Gasteiger partial charge >= 0.3 is 0 Å². The van der Waals surface area contributed by atoms with Crippen molar-refractivity contribution in [3.63, 3.8) is 0 Å². The molecule has 3 fully saturated rings. The normalized spacial score (nSPS) is 25.9. The molecule has 3 amide bonds. The largest absolute Gasteiger partial charge is 0.489 e. The number of rotatable bonds is 5. The molecule has 0 bridgehead atoms. The molecule has 3 aliphatic heterocycles. The third kappa shape index (κ3) is 4.43. The van der Waals surface area contributed by atoms with Crippen molar-refractivity contribution in [1.82, 2.24) is 15.1 Å². The van der Waals surface area contributed by atoms with Gasteiger partial charge in [-0.2, -0.15) is 5.26 Å². The topological polar surface area (TPSA) is 103 Å². The first-order chi connectivity index (χ1) is 18.4. The molecule has 1 N–H and O–H groups in total. The molecule has 2 saturated heterocycles. The number of nitrogens with zero attached hydrogens (tertiary/aromatic N) is 3. The fraction of sp³-hybridized carbons (Fsp3) is 0.448. The van der Waals surface area contributed by atoms with Gasteiger partial charge in [-0.3, -0.25) is 24.6 Å². The zero-order valence-corrected chi connectivity index (χ0v) is 21.0. The number of hydrogen-bond donors (Lipinski definition) is 1. The van der Waals surface area contributed by atoms with Crippen LogP contribution in [0.4, 0.5) is 4.39 Å². The quantitative estimate of drug-likeness (QED) is 0.612. The molecule has 6 rings (SSSR count). The summed E-state index contributed by atoms with van der Waals surface area (Å²) in [5.41, 5.74) is 2.40. The van der Waals surface area contributed by atoms with Crippen molar-refractivity contribution < 1.29 is 23.5 Å². The van der Waals surface area contributed by atoms with E-state index in [1.54, 1.807) is 17.0 Å². The van der Waals surface area contributed by atoms with E-state index < -0.39 is 17.8 Å². The lowest BCUT2D eigenvalue weighted by molar-refractivity contribution is -0.136. The van der Waals surface area contributed by atoms with Crippen molar-refractivity contribution >= 4 is 17.7 Å². The number of ether oxygens (including phenoxy) is 1. The Kier molecular flexibility index (Phi) is 6.36. The number of carbonyl (C=O) groups is 3. The molecule has 4 aliphatic rings. The summed E-state index contributed by atoms with van der Waals surface area (Å²) in [6.45, 7) is 1.98. The summed E-state index contributed by atoms with van der Waals surface area (Å²) in [6, 6.07) is 11.9. The molecular weight excluding hydrogens is 487 g/mol. The third-order valence-electron chi connectivity index (χ3n) is 8.41. The Morgan fingerprint density at radius 2 is 1.84 bits per heavy atom. The number of piperidine rings is 1. The summed E-state index contributed by atoms with van der Waals surface area (Å²) >= 11 is 0. The molecule has 9 heteroatoms. The van der Waals surface area contributed by atoms with Gasteiger partial charge in [0.25, 0.3) is 5.91 Å². The number of fused-ring (bicyclic) bond motifs is 1. The number of hydrogen-bond acceptors (Lipinski definition) is 6. The van der Waals surface area contributed by atoms with Crippen molar-refractivity contribution in [3.05, 3.63) is 64.5 Å². The summed E-state index contributed by atoms with van der Waals surface area (Å²) in [5, 5.41) is 11.3. The van der Waals surface area contributed by atoms with E-state index >= 15 is 0 Å². The smallest absolute Gasteiger partial charge is 0.255 e. The van der Waals surface area contributed by atoms with Crippen LogP contribution in [0.1, 0.15) is 71.5 Å². The molecule has 2 aromatic carbocycles. The lowest BCUT2D eigenvalue weighted by Crippen LogP contribution is -2.57. The number of nitrogens with one attached hydrogen (secondary N) is 1. The molecular formula is C29H29FN4O4. The SMILES string of the molecule is N#Cc1ccc(C2CN([C@@H]3CCCC[C@@H]3Oc3ccc4c(c3)CN([C@@H]3CCC(=O)NC3=O)C4=O)C2)cc1F. The maximum Gasteiger partial charge on any atom is 0.255 e. The van der Waals surface area contributed by atoms with E-state index in [0.717, 1.165) is 49.9 Å². The third-order valence-corrected chi connectivity index (χ3v) is 8.41. The van der Waals surface area contributed by atoms with Crippen LogP contribution in [-0.2, 0) is 16.1 Å². The van der Waals surface area contributed by atoms with Crippen LogP contribution in [0.5, 0.6) is 5.75 Å². The number of amides is 3. The van der Waals surface area contributed by atoms with E-state index in [1.165, 1.54) is 6.07 Å². The summed E-state index contributed by atoms with van der Waals surface area (Å²) in [7, 11) is 0. The maximum atomic E-state index is 14.1. The van der Waals surface area contributed by atoms with E-state index in [1.807, 2.05) is 24.3 Å². The van der Waals surface area contributed by atoms with E-state index in [0.29, 0.717) is 24.3 Å². The monoisotopic (exact) mass is 516 g/mol. The van der Waals surface area contributed by atoms with Crippen molar-refractivity contribution in [3.8, 4) is 11.8 Å². The minimum atomic E-state index is -0.636. The van der Waals surface area contributed by atoms with E-state index in [9.17, 15) is 18.8 Å². The van der Waals surface area contributed by atoms with Gasteiger partial charge in [0.15, 0.2) is 0 Å². The minimum Gasteiger partial charge on any atom is -0.489 e. The molecule has 0 radical (unpaired) electrons. The molecule has 2 aromatic rings. The van der Waals surface area contributed by atoms with Crippen LogP contribution in [-0.4, -0.2) is 58.8 Å². The highest BCUT2D eigenvalue weighted by atomic mass is 19.1. The number of benzene rings is 2. The summed E-state index contributed by atoms with van der Waals surface area (Å²) in [4.78, 5) is 40.8. The Hall–Kier alpha value is -3.77. The van der Waals surface area contributed by atoms with E-state index in [-0.39, 0.29) is 41.9 Å². The van der Waals surface area contributed by atoms with Crippen molar-refractivity contribution in [1.29, 1.82) is 5.26 Å². The van der Waals surface area contributed by atoms with E-state index in [2.05, 4.69) is 10.2 Å². The predicted octanol–water partition coefficient (Wildman–Crippen LogP) is 3.25. The number of halogens is 1. The second-order valence-corrected chi connectivity index (χ2v) is 10.7. The second kappa shape index (κ2) is 9.84. The van der Waals surface area contributed by atoms with Crippen LogP contribution in [0.3, 0.4) is 0 Å². The van der Waals surface area contributed by atoms with Crippen LogP contribution in [0.2, 0.25) is 0 Å². The Morgan fingerprint density at radius 1 is 1.03 bits per heavy atom. The van der Waals surface area contributed by atoms with Crippen LogP contribution in [0, 0.1) is 17.1 Å². The van der Waals surface area contributed by atoms with Gasteiger partial charge in [0, 0.05) is 43.6 Å². The van der Waals surface area contributed by atoms with Crippen LogP contribution in [0.15, 0.2) is 36.4 Å². The molecule has 0 spiro atoms. The highest BCUT2D eigenvalue weighted by molar-refractivity contribution is 6.05. The van der Waals surface area contributed by atoms with Crippen LogP contribution in [0.25, 0.3) is 0 Å². The van der Waals surface area contributed by atoms with Gasteiger partial charge in [-0.05, 0) is 67.1 Å². The molecule has 38 heavy (non-hydrogen) atoms. The molecule has 1 saturated carbocycles. The van der Waals surface area contributed by atoms with Crippen molar-refractivity contribution in [2.24, 2.45) is 0 Å². The number of nitriles is 1.